The summed E-state index contributed by atoms with van der Waals surface area (Å²) in [5, 5.41) is 5.84. The predicted molar refractivity (Wildman–Crippen MR) is 150 cm³/mol. The molecule has 0 saturated heterocycles. The molecule has 6 rings (SSSR count). The predicted octanol–water partition coefficient (Wildman–Crippen LogP) is 7.13. The van der Waals surface area contributed by atoms with Crippen molar-refractivity contribution in [2.24, 2.45) is 5.41 Å². The van der Waals surface area contributed by atoms with E-state index in [-0.39, 0.29) is 11.8 Å². The fourth-order valence-corrected chi connectivity index (χ4v) is 6.18. The van der Waals surface area contributed by atoms with Crippen LogP contribution >= 0.6 is 11.3 Å². The summed E-state index contributed by atoms with van der Waals surface area (Å²) in [6.45, 7) is 2.08. The highest BCUT2D eigenvalue weighted by Crippen LogP contribution is 2.51. The molecule has 37 heavy (non-hydrogen) atoms. The summed E-state index contributed by atoms with van der Waals surface area (Å²) < 4.78 is 0. The quantitative estimate of drug-likeness (QED) is 0.269. The van der Waals surface area contributed by atoms with Gasteiger partial charge >= 0.3 is 0 Å². The monoisotopic (exact) mass is 501 g/mol. The van der Waals surface area contributed by atoms with Crippen LogP contribution in [-0.2, 0) is 17.6 Å². The number of hydrogen-bond acceptors (Lipinski definition) is 4. The topological polar surface area (TPSA) is 54.9 Å². The number of amides is 1. The van der Waals surface area contributed by atoms with Crippen LogP contribution in [0, 0.1) is 5.41 Å². The van der Waals surface area contributed by atoms with E-state index in [2.05, 4.69) is 77.9 Å². The van der Waals surface area contributed by atoms with Gasteiger partial charge in [0.15, 0.2) is 5.13 Å². The van der Waals surface area contributed by atoms with Crippen molar-refractivity contribution in [1.82, 2.24) is 9.97 Å². The minimum absolute atomic E-state index is 0.00300. The van der Waals surface area contributed by atoms with Gasteiger partial charge in [-0.15, -0.1) is 11.3 Å². The van der Waals surface area contributed by atoms with Crippen molar-refractivity contribution in [2.75, 3.05) is 5.32 Å². The van der Waals surface area contributed by atoms with Crippen molar-refractivity contribution < 1.29 is 4.79 Å². The summed E-state index contributed by atoms with van der Waals surface area (Å²) in [4.78, 5) is 22.6. The zero-order valence-electron chi connectivity index (χ0n) is 20.6. The van der Waals surface area contributed by atoms with Crippen molar-refractivity contribution in [3.63, 3.8) is 0 Å². The van der Waals surface area contributed by atoms with Crippen molar-refractivity contribution in [2.45, 2.75) is 25.7 Å². The highest BCUT2D eigenvalue weighted by molar-refractivity contribution is 7.13. The molecule has 0 radical (unpaired) electrons. The number of thiazole rings is 1. The Labute approximate surface area is 221 Å². The van der Waals surface area contributed by atoms with Gasteiger partial charge in [-0.1, -0.05) is 78.9 Å². The van der Waals surface area contributed by atoms with Gasteiger partial charge in [0.25, 0.3) is 0 Å². The molecule has 1 N–H and O–H groups in total. The fraction of sp³-hybridized carbons (Fsp3) is 0.156. The molecule has 4 nitrogen and oxygen atoms in total. The number of carbonyl (C=O) groups excluding carboxylic acids is 1. The standard InChI is InChI=1S/C32H27N3OS/c1-32(20-26-9-5-6-10-28(26)29(32)25-7-3-2-4-8-25)30(36)35-31-34-27(21-37-31)19-22-11-13-23(14-12-22)24-15-17-33-18-16-24/h2-18,21,29H,19-20H2,1H3,(H,34,35,36)/t29-,32-/m1/s1. The van der Waals surface area contributed by atoms with Gasteiger partial charge in [-0.05, 0) is 58.9 Å². The molecular formula is C32H27N3OS. The lowest BCUT2D eigenvalue weighted by Crippen LogP contribution is -2.37. The summed E-state index contributed by atoms with van der Waals surface area (Å²) >= 11 is 1.49. The summed E-state index contributed by atoms with van der Waals surface area (Å²) in [5.41, 5.74) is 7.50. The normalized spacial score (nSPS) is 18.4. The van der Waals surface area contributed by atoms with E-state index < -0.39 is 5.41 Å². The third-order valence-corrected chi connectivity index (χ3v) is 8.14. The minimum atomic E-state index is -0.598. The van der Waals surface area contributed by atoms with Crippen LogP contribution in [0.15, 0.2) is 109 Å². The molecule has 0 bridgehead atoms. The molecule has 0 unspecified atom stereocenters. The third-order valence-electron chi connectivity index (χ3n) is 7.34. The number of carbonyl (C=O) groups is 1. The number of hydrogen-bond donors (Lipinski definition) is 1. The molecular weight excluding hydrogens is 474 g/mol. The van der Waals surface area contributed by atoms with Crippen molar-refractivity contribution >= 4 is 22.4 Å². The van der Waals surface area contributed by atoms with E-state index in [1.807, 2.05) is 35.7 Å². The van der Waals surface area contributed by atoms with Crippen LogP contribution in [-0.4, -0.2) is 15.9 Å². The average molecular weight is 502 g/mol. The van der Waals surface area contributed by atoms with E-state index in [0.717, 1.165) is 23.2 Å². The Balaban J connectivity index is 1.19. The van der Waals surface area contributed by atoms with Gasteiger partial charge < -0.3 is 5.32 Å². The maximum atomic E-state index is 13.8. The number of rotatable bonds is 6. The van der Waals surface area contributed by atoms with Crippen LogP contribution in [0.4, 0.5) is 5.13 Å². The molecule has 5 aromatic rings. The lowest BCUT2D eigenvalue weighted by atomic mass is 9.73. The zero-order chi connectivity index (χ0) is 25.2. The summed E-state index contributed by atoms with van der Waals surface area (Å²) in [6.07, 6.45) is 5.04. The van der Waals surface area contributed by atoms with E-state index in [1.165, 1.54) is 33.6 Å². The van der Waals surface area contributed by atoms with Crippen molar-refractivity contribution in [1.29, 1.82) is 0 Å². The maximum absolute atomic E-state index is 13.8. The van der Waals surface area contributed by atoms with Crippen molar-refractivity contribution in [3.8, 4) is 11.1 Å². The van der Waals surface area contributed by atoms with Gasteiger partial charge in [0.05, 0.1) is 11.1 Å². The van der Waals surface area contributed by atoms with Crippen molar-refractivity contribution in [3.05, 3.63) is 137 Å². The Morgan fingerprint density at radius 2 is 1.62 bits per heavy atom. The van der Waals surface area contributed by atoms with Gasteiger partial charge in [-0.25, -0.2) is 4.98 Å². The molecule has 0 saturated carbocycles. The molecule has 0 spiro atoms. The van der Waals surface area contributed by atoms with Crippen LogP contribution in [0.25, 0.3) is 11.1 Å². The van der Waals surface area contributed by atoms with E-state index in [9.17, 15) is 4.79 Å². The average Bonchev–Trinajstić information content (AvgIpc) is 3.51. The largest absolute Gasteiger partial charge is 0.301 e. The molecule has 5 heteroatoms. The first-order valence-electron chi connectivity index (χ1n) is 12.5. The maximum Gasteiger partial charge on any atom is 0.233 e. The summed E-state index contributed by atoms with van der Waals surface area (Å²) in [6, 6.07) is 31.3. The molecule has 0 fully saturated rings. The fourth-order valence-electron chi connectivity index (χ4n) is 5.48. The number of pyridine rings is 1. The second-order valence-corrected chi connectivity index (χ2v) is 10.7. The van der Waals surface area contributed by atoms with Gasteiger partial charge in [0.2, 0.25) is 5.91 Å². The smallest absolute Gasteiger partial charge is 0.233 e. The number of aromatic nitrogens is 2. The third kappa shape index (κ3) is 4.58. The number of nitrogens with zero attached hydrogens (tertiary/aromatic N) is 2. The molecule has 2 atom stereocenters. The number of benzene rings is 3. The Morgan fingerprint density at radius 1 is 0.919 bits per heavy atom. The lowest BCUT2D eigenvalue weighted by molar-refractivity contribution is -0.125. The van der Waals surface area contributed by atoms with E-state index in [4.69, 9.17) is 4.98 Å². The van der Waals surface area contributed by atoms with Gasteiger partial charge in [-0.3, -0.25) is 9.78 Å². The van der Waals surface area contributed by atoms with Crippen LogP contribution in [0.3, 0.4) is 0 Å². The molecule has 0 aliphatic heterocycles. The molecule has 1 aliphatic carbocycles. The molecule has 182 valence electrons. The minimum Gasteiger partial charge on any atom is -0.301 e. The summed E-state index contributed by atoms with van der Waals surface area (Å²) in [5.74, 6) is 0.0170. The van der Waals surface area contributed by atoms with Crippen LogP contribution < -0.4 is 5.32 Å². The highest BCUT2D eigenvalue weighted by Gasteiger charge is 2.48. The molecule has 1 amide bonds. The second-order valence-electron chi connectivity index (χ2n) is 9.84. The SMILES string of the molecule is C[C@@]1(C(=O)Nc2nc(Cc3ccc(-c4ccncc4)cc3)cs2)Cc2ccccc2[C@H]1c1ccccc1. The lowest BCUT2D eigenvalue weighted by Gasteiger charge is -2.30. The first kappa shape index (κ1) is 23.3. The Bertz CT molecular complexity index is 1530. The Kier molecular flexibility index (Phi) is 6.15. The highest BCUT2D eigenvalue weighted by atomic mass is 32.1. The van der Waals surface area contributed by atoms with Gasteiger partial charge in [0, 0.05) is 30.1 Å². The van der Waals surface area contributed by atoms with Gasteiger partial charge in [0.1, 0.15) is 0 Å². The number of nitrogens with one attached hydrogen (secondary N) is 1. The van der Waals surface area contributed by atoms with Gasteiger partial charge in [-0.2, -0.15) is 0 Å². The second kappa shape index (κ2) is 9.75. The Hall–Kier alpha value is -4.09. The molecule has 3 aromatic carbocycles. The zero-order valence-corrected chi connectivity index (χ0v) is 21.4. The van der Waals surface area contributed by atoms with E-state index in [1.54, 1.807) is 12.4 Å². The van der Waals surface area contributed by atoms with Crippen LogP contribution in [0.5, 0.6) is 0 Å². The first-order valence-corrected chi connectivity index (χ1v) is 13.4. The Morgan fingerprint density at radius 3 is 2.41 bits per heavy atom. The number of anilines is 1. The van der Waals surface area contributed by atoms with E-state index in [0.29, 0.717) is 11.6 Å². The molecule has 1 aliphatic rings. The van der Waals surface area contributed by atoms with Crippen LogP contribution in [0.1, 0.15) is 40.8 Å². The molecule has 2 aromatic heterocycles. The van der Waals surface area contributed by atoms with E-state index >= 15 is 0 Å². The van der Waals surface area contributed by atoms with Crippen LogP contribution in [0.2, 0.25) is 0 Å². The first-order chi connectivity index (χ1) is 18.1. The summed E-state index contributed by atoms with van der Waals surface area (Å²) in [7, 11) is 0. The number of fused-ring (bicyclic) bond motifs is 1. The molecule has 2 heterocycles.